The van der Waals surface area contributed by atoms with Gasteiger partial charge < -0.3 is 19.9 Å². The van der Waals surface area contributed by atoms with Gasteiger partial charge in [-0.2, -0.15) is 5.26 Å². The summed E-state index contributed by atoms with van der Waals surface area (Å²) in [5.74, 6) is 1.25. The summed E-state index contributed by atoms with van der Waals surface area (Å²) < 4.78 is 10.5. The highest BCUT2D eigenvalue weighted by atomic mass is 16.8. The second-order valence-corrected chi connectivity index (χ2v) is 4.60. The molecule has 1 N–H and O–H groups in total. The van der Waals surface area contributed by atoms with Gasteiger partial charge in [0.2, 0.25) is 0 Å². The van der Waals surface area contributed by atoms with Crippen molar-refractivity contribution < 1.29 is 14.7 Å². The summed E-state index contributed by atoms with van der Waals surface area (Å²) in [6.07, 6.45) is 1.67. The van der Waals surface area contributed by atoms with Crippen LogP contribution < -0.4 is 14.7 Å². The number of ether oxygens (including phenoxy) is 2. The molecule has 0 saturated heterocycles. The number of anilines is 1. The lowest BCUT2D eigenvalue weighted by atomic mass is 10.0. The van der Waals surface area contributed by atoms with Gasteiger partial charge in [-0.1, -0.05) is 12.1 Å². The Morgan fingerprint density at radius 1 is 1.17 bits per heavy atom. The largest absolute Gasteiger partial charge is 0.733 e. The maximum atomic E-state index is 10.8. The van der Waals surface area contributed by atoms with Crippen molar-refractivity contribution in [3.05, 3.63) is 58.8 Å². The van der Waals surface area contributed by atoms with Gasteiger partial charge in [-0.15, -0.1) is 0 Å². The molecule has 0 saturated carbocycles. The number of nitriles is 1. The summed E-state index contributed by atoms with van der Waals surface area (Å²) in [6.45, 7) is 0. The van der Waals surface area contributed by atoms with Crippen LogP contribution in [0, 0.1) is 16.5 Å². The predicted molar refractivity (Wildman–Crippen MR) is 87.1 cm³/mol. The van der Waals surface area contributed by atoms with Crippen LogP contribution in [0.15, 0.2) is 42.5 Å². The monoisotopic (exact) mass is 311 g/mol. The Labute approximate surface area is 133 Å². The Morgan fingerprint density at radius 2 is 1.87 bits per heavy atom. The van der Waals surface area contributed by atoms with E-state index in [0.29, 0.717) is 28.2 Å². The van der Waals surface area contributed by atoms with Gasteiger partial charge in [-0.3, -0.25) is 5.21 Å². The molecule has 0 aliphatic heterocycles. The molecule has 2 aromatic carbocycles. The van der Waals surface area contributed by atoms with E-state index >= 15 is 0 Å². The molecule has 0 fully saturated rings. The van der Waals surface area contributed by atoms with Crippen LogP contribution in [0.1, 0.15) is 11.1 Å². The number of nitrogens with zero attached hydrogens (tertiary/aromatic N) is 2. The number of allylic oxidation sites excluding steroid dienone is 1. The van der Waals surface area contributed by atoms with Gasteiger partial charge >= 0.3 is 0 Å². The molecule has 2 aromatic rings. The topological polar surface area (TPSA) is 88.8 Å². The molecule has 0 aliphatic carbocycles. The summed E-state index contributed by atoms with van der Waals surface area (Å²) in [6, 6.07) is 13.4. The third-order valence-electron chi connectivity index (χ3n) is 3.26. The van der Waals surface area contributed by atoms with Crippen molar-refractivity contribution in [2.75, 3.05) is 19.4 Å². The molecule has 0 bridgehead atoms. The Hall–Kier alpha value is -3.01. The van der Waals surface area contributed by atoms with Crippen molar-refractivity contribution in [3.63, 3.8) is 0 Å². The van der Waals surface area contributed by atoms with Crippen LogP contribution in [0.2, 0.25) is 0 Å². The summed E-state index contributed by atoms with van der Waals surface area (Å²) in [5, 5.41) is 28.8. The first-order valence-electron chi connectivity index (χ1n) is 6.69. The van der Waals surface area contributed by atoms with E-state index in [0.717, 1.165) is 0 Å². The van der Waals surface area contributed by atoms with E-state index in [1.165, 1.54) is 12.1 Å². The number of rotatable bonds is 5. The number of methoxy groups -OCH3 is 2. The van der Waals surface area contributed by atoms with Crippen LogP contribution in [0.5, 0.6) is 11.5 Å². The Kier molecular flexibility index (Phi) is 5.20. The van der Waals surface area contributed by atoms with E-state index in [9.17, 15) is 10.5 Å². The fraction of sp³-hybridized carbons (Fsp3) is 0.118. The molecule has 0 radical (unpaired) electrons. The summed E-state index contributed by atoms with van der Waals surface area (Å²) in [7, 11) is 3.10. The highest BCUT2D eigenvalue weighted by molar-refractivity contribution is 5.91. The van der Waals surface area contributed by atoms with Crippen LogP contribution in [-0.2, 0) is 0 Å². The van der Waals surface area contributed by atoms with Gasteiger partial charge in [0.05, 0.1) is 31.5 Å². The Morgan fingerprint density at radius 3 is 2.39 bits per heavy atom. The van der Waals surface area contributed by atoms with Crippen LogP contribution in [0.4, 0.5) is 5.69 Å². The third kappa shape index (κ3) is 3.80. The lowest BCUT2D eigenvalue weighted by molar-refractivity contribution is 0.296. The number of hydrogen-bond acceptors (Lipinski definition) is 6. The van der Waals surface area contributed by atoms with Crippen LogP contribution >= 0.6 is 0 Å². The predicted octanol–water partition coefficient (Wildman–Crippen LogP) is 3.46. The summed E-state index contributed by atoms with van der Waals surface area (Å²) in [5.41, 5.74) is 1.78. The van der Waals surface area contributed by atoms with Gasteiger partial charge in [-0.05, 0) is 42.0 Å². The fourth-order valence-electron chi connectivity index (χ4n) is 2.06. The lowest BCUT2D eigenvalue weighted by Gasteiger charge is -2.21. The minimum atomic E-state index is -0.232. The van der Waals surface area contributed by atoms with Crippen molar-refractivity contribution in [1.82, 2.24) is 0 Å². The maximum absolute atomic E-state index is 10.8. The first kappa shape index (κ1) is 16.4. The Bertz CT molecular complexity index is 746. The molecule has 6 nitrogen and oxygen atoms in total. The highest BCUT2D eigenvalue weighted by Gasteiger charge is 2.07. The molecule has 118 valence electrons. The smallest absolute Gasteiger partial charge is 0.126 e. The van der Waals surface area contributed by atoms with Gasteiger partial charge in [0.15, 0.2) is 0 Å². The van der Waals surface area contributed by atoms with Gasteiger partial charge in [0, 0.05) is 5.56 Å². The average Bonchev–Trinajstić information content (AvgIpc) is 2.59. The van der Waals surface area contributed by atoms with Crippen molar-refractivity contribution in [2.24, 2.45) is 0 Å². The van der Waals surface area contributed by atoms with Crippen molar-refractivity contribution in [2.45, 2.75) is 0 Å². The molecule has 0 spiro atoms. The molecule has 0 unspecified atom stereocenters. The molecule has 23 heavy (non-hydrogen) atoms. The minimum absolute atomic E-state index is 0.0880. The zero-order valence-electron chi connectivity index (χ0n) is 12.7. The molecule has 6 heteroatoms. The second-order valence-electron chi connectivity index (χ2n) is 4.60. The molecule has 0 amide bonds. The van der Waals surface area contributed by atoms with Gasteiger partial charge in [0.1, 0.15) is 11.5 Å². The molecule has 0 atom stereocenters. The zero-order chi connectivity index (χ0) is 16.8. The van der Waals surface area contributed by atoms with E-state index in [1.807, 2.05) is 0 Å². The van der Waals surface area contributed by atoms with Crippen molar-refractivity contribution in [1.29, 1.82) is 5.26 Å². The lowest BCUT2D eigenvalue weighted by Crippen LogP contribution is -2.06. The van der Waals surface area contributed by atoms with Crippen molar-refractivity contribution in [3.8, 4) is 17.6 Å². The van der Waals surface area contributed by atoms with E-state index < -0.39 is 0 Å². The molecule has 2 rings (SSSR count). The SMILES string of the molecule is COc1ccc(OC)c(C=C(C#N)c2ccc(N([O-])O)cc2)c1. The van der Waals surface area contributed by atoms with Crippen LogP contribution in [-0.4, -0.2) is 19.4 Å². The summed E-state index contributed by atoms with van der Waals surface area (Å²) in [4.78, 5) is 0. The molecular weight excluding hydrogens is 296 g/mol. The molecule has 0 aromatic heterocycles. The average molecular weight is 311 g/mol. The first-order valence-corrected chi connectivity index (χ1v) is 6.69. The Balaban J connectivity index is 2.44. The van der Waals surface area contributed by atoms with E-state index in [2.05, 4.69) is 6.07 Å². The van der Waals surface area contributed by atoms with E-state index in [4.69, 9.17) is 14.7 Å². The second kappa shape index (κ2) is 7.31. The highest BCUT2D eigenvalue weighted by Crippen LogP contribution is 2.28. The molecule has 0 aliphatic rings. The third-order valence-corrected chi connectivity index (χ3v) is 3.26. The standard InChI is InChI=1S/C17H15N2O4/c1-22-16-7-8-17(23-2)13(10-16)9-14(11-18)12-3-5-15(6-4-12)19(20)21/h3-10,20H,1-2H3/q-1. The van der Waals surface area contributed by atoms with E-state index in [-0.39, 0.29) is 10.9 Å². The van der Waals surface area contributed by atoms with Crippen molar-refractivity contribution >= 4 is 17.3 Å². The van der Waals surface area contributed by atoms with Crippen LogP contribution in [0.25, 0.3) is 11.6 Å². The fourth-order valence-corrected chi connectivity index (χ4v) is 2.06. The zero-order valence-corrected chi connectivity index (χ0v) is 12.7. The normalized spacial score (nSPS) is 10.8. The quantitative estimate of drug-likeness (QED) is 0.517. The minimum Gasteiger partial charge on any atom is -0.733 e. The first-order chi connectivity index (χ1) is 11.1. The summed E-state index contributed by atoms with van der Waals surface area (Å²) >= 11 is 0. The maximum Gasteiger partial charge on any atom is 0.126 e. The van der Waals surface area contributed by atoms with Gasteiger partial charge in [-0.25, -0.2) is 0 Å². The number of benzene rings is 2. The van der Waals surface area contributed by atoms with Gasteiger partial charge in [0.25, 0.3) is 0 Å². The van der Waals surface area contributed by atoms with Crippen LogP contribution in [0.3, 0.4) is 0 Å². The number of hydrogen-bond donors (Lipinski definition) is 1. The molecular formula is C17H15N2O4-. The molecule has 0 heterocycles. The van der Waals surface area contributed by atoms with E-state index in [1.54, 1.807) is 50.6 Å².